The maximum Gasteiger partial charge on any atom is 0.305 e. The van der Waals surface area contributed by atoms with E-state index in [0.29, 0.717) is 38.9 Å². The van der Waals surface area contributed by atoms with E-state index in [-0.39, 0.29) is 37.2 Å². The normalized spacial score (nSPS) is 10.9. The summed E-state index contributed by atoms with van der Waals surface area (Å²) >= 11 is 0. The van der Waals surface area contributed by atoms with Gasteiger partial charge in [0.25, 0.3) is 0 Å². The molecule has 226 valence electrons. The molecule has 0 unspecified atom stereocenters. The van der Waals surface area contributed by atoms with Crippen LogP contribution in [0.2, 0.25) is 0 Å². The summed E-state index contributed by atoms with van der Waals surface area (Å²) in [5.41, 5.74) is 5.43. The van der Waals surface area contributed by atoms with E-state index in [1.807, 2.05) is 90.8 Å². The van der Waals surface area contributed by atoms with E-state index in [1.165, 1.54) is 7.11 Å². The zero-order chi connectivity index (χ0) is 30.6. The molecule has 1 heterocycles. The number of aromatic nitrogens is 1. The lowest BCUT2D eigenvalue weighted by Crippen LogP contribution is -2.44. The van der Waals surface area contributed by atoms with Gasteiger partial charge < -0.3 is 24.4 Å². The Morgan fingerprint density at radius 3 is 2.16 bits per heavy atom. The second kappa shape index (κ2) is 15.6. The molecule has 0 atom stereocenters. The van der Waals surface area contributed by atoms with Crippen molar-refractivity contribution in [3.63, 3.8) is 0 Å². The number of H-pyrrole nitrogens is 1. The first-order valence-corrected chi connectivity index (χ1v) is 14.8. The molecule has 2 amide bonds. The van der Waals surface area contributed by atoms with E-state index < -0.39 is 0 Å². The Morgan fingerprint density at radius 2 is 1.44 bits per heavy atom. The fourth-order valence-electron chi connectivity index (χ4n) is 5.11. The third-order valence-electron chi connectivity index (χ3n) is 7.70. The summed E-state index contributed by atoms with van der Waals surface area (Å²) in [4.78, 5) is 47.7. The van der Waals surface area contributed by atoms with Crippen molar-refractivity contribution >= 4 is 34.4 Å². The molecule has 0 fully saturated rings. The summed E-state index contributed by atoms with van der Waals surface area (Å²) in [5.74, 6) is -0.588. The highest BCUT2D eigenvalue weighted by Crippen LogP contribution is 2.20. The predicted octanol–water partition coefficient (Wildman–Crippen LogP) is 5.22. The molecule has 1 aromatic heterocycles. The smallest absolute Gasteiger partial charge is 0.305 e. The van der Waals surface area contributed by atoms with Gasteiger partial charge in [0, 0.05) is 69.4 Å². The van der Waals surface area contributed by atoms with E-state index in [0.717, 1.165) is 33.3 Å². The van der Waals surface area contributed by atoms with Crippen LogP contribution in [0.4, 0.5) is 5.69 Å². The van der Waals surface area contributed by atoms with Crippen molar-refractivity contribution in [1.82, 2.24) is 14.8 Å². The number of hydrogen-bond donors (Lipinski definition) is 1. The van der Waals surface area contributed by atoms with Crippen molar-refractivity contribution < 1.29 is 19.1 Å². The van der Waals surface area contributed by atoms with Gasteiger partial charge in [-0.2, -0.15) is 0 Å². The summed E-state index contributed by atoms with van der Waals surface area (Å²) in [7, 11) is 5.34. The van der Waals surface area contributed by atoms with Crippen molar-refractivity contribution in [2.24, 2.45) is 0 Å². The molecular weight excluding hydrogens is 540 g/mol. The SMILES string of the molecule is COC(=O)CCCC(=O)N(CCc1ccccc1)CC(=O)N(CCc1c[nH]c2ccccc12)Cc1ccc(N(C)C)cc1. The number of hydrogen-bond acceptors (Lipinski definition) is 5. The van der Waals surface area contributed by atoms with Crippen molar-refractivity contribution in [1.29, 1.82) is 0 Å². The number of anilines is 1. The number of rotatable bonds is 15. The summed E-state index contributed by atoms with van der Waals surface area (Å²) in [6.45, 7) is 1.35. The number of esters is 1. The van der Waals surface area contributed by atoms with Crippen LogP contribution in [0, 0.1) is 0 Å². The topological polar surface area (TPSA) is 86.0 Å². The second-order valence-electron chi connectivity index (χ2n) is 11.0. The lowest BCUT2D eigenvalue weighted by atomic mass is 10.1. The number of nitrogens with zero attached hydrogens (tertiary/aromatic N) is 3. The van der Waals surface area contributed by atoms with E-state index in [4.69, 9.17) is 4.74 Å². The number of ether oxygens (including phenoxy) is 1. The minimum Gasteiger partial charge on any atom is -0.469 e. The Kier molecular flexibility index (Phi) is 11.4. The number of nitrogens with one attached hydrogen (secondary N) is 1. The van der Waals surface area contributed by atoms with Gasteiger partial charge >= 0.3 is 5.97 Å². The van der Waals surface area contributed by atoms with Crippen molar-refractivity contribution in [3.05, 3.63) is 102 Å². The zero-order valence-electron chi connectivity index (χ0n) is 25.4. The minimum atomic E-state index is -0.344. The average molecular weight is 583 g/mol. The molecule has 0 spiro atoms. The molecule has 0 aliphatic carbocycles. The first-order valence-electron chi connectivity index (χ1n) is 14.8. The van der Waals surface area contributed by atoms with Gasteiger partial charge in [0.15, 0.2) is 0 Å². The third-order valence-corrected chi connectivity index (χ3v) is 7.70. The average Bonchev–Trinajstić information content (AvgIpc) is 3.44. The lowest BCUT2D eigenvalue weighted by Gasteiger charge is -2.28. The number of carbonyl (C=O) groups is 3. The molecule has 0 radical (unpaired) electrons. The highest BCUT2D eigenvalue weighted by molar-refractivity contribution is 5.86. The molecule has 4 aromatic rings. The van der Waals surface area contributed by atoms with Crippen LogP contribution >= 0.6 is 0 Å². The van der Waals surface area contributed by atoms with Crippen LogP contribution in [0.5, 0.6) is 0 Å². The summed E-state index contributed by atoms with van der Waals surface area (Å²) < 4.78 is 4.73. The van der Waals surface area contributed by atoms with Gasteiger partial charge in [-0.25, -0.2) is 0 Å². The monoisotopic (exact) mass is 582 g/mol. The van der Waals surface area contributed by atoms with Crippen LogP contribution in [0.25, 0.3) is 10.9 Å². The Labute approximate surface area is 254 Å². The van der Waals surface area contributed by atoms with Gasteiger partial charge in [-0.1, -0.05) is 60.7 Å². The largest absolute Gasteiger partial charge is 0.469 e. The molecule has 8 heteroatoms. The van der Waals surface area contributed by atoms with Gasteiger partial charge in [-0.3, -0.25) is 14.4 Å². The fraction of sp³-hybridized carbons (Fsp3) is 0.343. The Hall–Kier alpha value is -4.59. The molecular formula is C35H42N4O4. The molecule has 3 aromatic carbocycles. The van der Waals surface area contributed by atoms with E-state index in [1.54, 1.807) is 4.90 Å². The molecule has 0 saturated heterocycles. The van der Waals surface area contributed by atoms with Gasteiger partial charge in [0.05, 0.1) is 13.7 Å². The molecule has 0 bridgehead atoms. The molecule has 0 aliphatic heterocycles. The highest BCUT2D eigenvalue weighted by Gasteiger charge is 2.22. The maximum absolute atomic E-state index is 13.9. The number of para-hydroxylation sites is 1. The van der Waals surface area contributed by atoms with Crippen LogP contribution in [0.15, 0.2) is 85.1 Å². The Balaban J connectivity index is 1.51. The van der Waals surface area contributed by atoms with Crippen LogP contribution in [0.3, 0.4) is 0 Å². The first-order chi connectivity index (χ1) is 20.8. The Bertz CT molecular complexity index is 1480. The number of benzene rings is 3. The number of amides is 2. The summed E-state index contributed by atoms with van der Waals surface area (Å²) in [6, 6.07) is 26.3. The zero-order valence-corrected chi connectivity index (χ0v) is 25.4. The minimum absolute atomic E-state index is 0.0203. The standard InChI is InChI=1S/C35H42N4O4/c1-37(2)30-18-16-28(17-19-30)25-38(23-21-29-24-36-32-13-8-7-12-31(29)32)34(41)26-39(22-20-27-10-5-4-6-11-27)33(40)14-9-15-35(42)43-3/h4-8,10-13,16-19,24,36H,9,14-15,20-23,25-26H2,1-3H3. The van der Waals surface area contributed by atoms with E-state index in [2.05, 4.69) is 23.2 Å². The number of carbonyl (C=O) groups excluding carboxylic acids is 3. The number of methoxy groups -OCH3 is 1. The summed E-state index contributed by atoms with van der Waals surface area (Å²) in [6.07, 6.45) is 4.06. The van der Waals surface area contributed by atoms with E-state index >= 15 is 0 Å². The van der Waals surface area contributed by atoms with Gasteiger partial charge in [0.1, 0.15) is 0 Å². The van der Waals surface area contributed by atoms with Gasteiger partial charge in [-0.15, -0.1) is 0 Å². The fourth-order valence-corrected chi connectivity index (χ4v) is 5.11. The molecule has 43 heavy (non-hydrogen) atoms. The van der Waals surface area contributed by atoms with Crippen LogP contribution in [-0.2, 0) is 38.5 Å². The molecule has 8 nitrogen and oxygen atoms in total. The molecule has 4 rings (SSSR count). The molecule has 0 aliphatic rings. The molecule has 0 saturated carbocycles. The first kappa shape index (κ1) is 31.3. The summed E-state index contributed by atoms with van der Waals surface area (Å²) in [5, 5.41) is 1.15. The number of fused-ring (bicyclic) bond motifs is 1. The quantitative estimate of drug-likeness (QED) is 0.194. The third kappa shape index (κ3) is 9.20. The molecule has 1 N–H and O–H groups in total. The van der Waals surface area contributed by atoms with Crippen LogP contribution in [-0.4, -0.2) is 73.4 Å². The predicted molar refractivity (Wildman–Crippen MR) is 171 cm³/mol. The maximum atomic E-state index is 13.9. The highest BCUT2D eigenvalue weighted by atomic mass is 16.5. The second-order valence-corrected chi connectivity index (χ2v) is 11.0. The number of aromatic amines is 1. The van der Waals surface area contributed by atoms with Crippen molar-refractivity contribution in [2.75, 3.05) is 45.7 Å². The van der Waals surface area contributed by atoms with Crippen molar-refractivity contribution in [2.45, 2.75) is 38.6 Å². The van der Waals surface area contributed by atoms with Gasteiger partial charge in [0.2, 0.25) is 11.8 Å². The lowest BCUT2D eigenvalue weighted by molar-refractivity contribution is -0.142. The van der Waals surface area contributed by atoms with Crippen LogP contribution in [0.1, 0.15) is 36.0 Å². The van der Waals surface area contributed by atoms with Crippen molar-refractivity contribution in [3.8, 4) is 0 Å². The van der Waals surface area contributed by atoms with Crippen LogP contribution < -0.4 is 4.90 Å². The van der Waals surface area contributed by atoms with Gasteiger partial charge in [-0.05, 0) is 54.2 Å². The Morgan fingerprint density at radius 1 is 0.744 bits per heavy atom. The van der Waals surface area contributed by atoms with E-state index in [9.17, 15) is 14.4 Å².